The summed E-state index contributed by atoms with van der Waals surface area (Å²) in [5, 5.41) is 0. The molecule has 0 unspecified atom stereocenters. The van der Waals surface area contributed by atoms with Gasteiger partial charge in [-0.2, -0.15) is 13.2 Å². The molecule has 100 valence electrons. The van der Waals surface area contributed by atoms with Crippen molar-refractivity contribution in [3.8, 4) is 0 Å². The number of esters is 1. The average Bonchev–Trinajstić information content (AvgIpc) is 2.35. The van der Waals surface area contributed by atoms with E-state index in [4.69, 9.17) is 0 Å². The molecule has 0 aliphatic rings. The number of rotatable bonds is 1. The minimum atomic E-state index is -4.86. The lowest BCUT2D eigenvalue weighted by molar-refractivity contribution is -0.142. The zero-order chi connectivity index (χ0) is 14.2. The normalized spacial score (nSPS) is 11.6. The molecule has 0 spiro atoms. The van der Waals surface area contributed by atoms with Crippen molar-refractivity contribution in [2.24, 2.45) is 0 Å². The fourth-order valence-electron chi connectivity index (χ4n) is 1.52. The van der Waals surface area contributed by atoms with Crippen molar-refractivity contribution in [1.82, 2.24) is 9.97 Å². The van der Waals surface area contributed by atoms with Gasteiger partial charge in [0.05, 0.1) is 23.7 Å². The smallest absolute Gasteiger partial charge is 0.438 e. The van der Waals surface area contributed by atoms with Gasteiger partial charge in [0, 0.05) is 0 Å². The molecular weight excluding hydrogens is 265 g/mol. The van der Waals surface area contributed by atoms with Crippen molar-refractivity contribution in [3.05, 3.63) is 39.8 Å². The maximum atomic E-state index is 12.5. The molecule has 1 heterocycles. The molecule has 5 nitrogen and oxygen atoms in total. The highest BCUT2D eigenvalue weighted by atomic mass is 19.4. The summed E-state index contributed by atoms with van der Waals surface area (Å²) < 4.78 is 42.0. The van der Waals surface area contributed by atoms with Gasteiger partial charge in [-0.3, -0.25) is 4.79 Å². The van der Waals surface area contributed by atoms with Crippen molar-refractivity contribution in [2.45, 2.75) is 6.18 Å². The molecule has 0 aliphatic heterocycles. The van der Waals surface area contributed by atoms with Crippen LogP contribution in [0.15, 0.2) is 23.0 Å². The minimum absolute atomic E-state index is 0.0441. The number of fused-ring (bicyclic) bond motifs is 1. The SMILES string of the molecule is COC(=O)c1ccc2[nH]c(=O)c(C(F)(F)F)nc2c1. The van der Waals surface area contributed by atoms with Crippen molar-refractivity contribution in [2.75, 3.05) is 7.11 Å². The lowest BCUT2D eigenvalue weighted by atomic mass is 10.2. The van der Waals surface area contributed by atoms with E-state index in [1.807, 2.05) is 0 Å². The molecule has 0 amide bonds. The number of benzene rings is 1. The number of hydrogen-bond acceptors (Lipinski definition) is 4. The zero-order valence-electron chi connectivity index (χ0n) is 9.54. The number of methoxy groups -OCH3 is 1. The van der Waals surface area contributed by atoms with Crippen LogP contribution in [0.25, 0.3) is 11.0 Å². The van der Waals surface area contributed by atoms with Gasteiger partial charge < -0.3 is 9.72 Å². The number of carbonyl (C=O) groups is 1. The van der Waals surface area contributed by atoms with Gasteiger partial charge in [0.15, 0.2) is 0 Å². The van der Waals surface area contributed by atoms with Crippen LogP contribution in [0, 0.1) is 0 Å². The maximum absolute atomic E-state index is 12.5. The molecule has 8 heteroatoms. The first-order valence-electron chi connectivity index (χ1n) is 5.02. The molecule has 0 fully saturated rings. The molecular formula is C11H7F3N2O3. The van der Waals surface area contributed by atoms with Gasteiger partial charge >= 0.3 is 12.1 Å². The van der Waals surface area contributed by atoms with Crippen LogP contribution in [0.3, 0.4) is 0 Å². The number of alkyl halides is 3. The quantitative estimate of drug-likeness (QED) is 0.802. The number of carbonyl (C=O) groups excluding carboxylic acids is 1. The third kappa shape index (κ3) is 2.42. The van der Waals surface area contributed by atoms with Crippen LogP contribution in [0.4, 0.5) is 13.2 Å². The van der Waals surface area contributed by atoms with Crippen LogP contribution >= 0.6 is 0 Å². The second-order valence-corrected chi connectivity index (χ2v) is 3.64. The topological polar surface area (TPSA) is 72.1 Å². The minimum Gasteiger partial charge on any atom is -0.465 e. The summed E-state index contributed by atoms with van der Waals surface area (Å²) in [5.41, 5.74) is -2.88. The highest BCUT2D eigenvalue weighted by molar-refractivity contribution is 5.93. The van der Waals surface area contributed by atoms with Crippen molar-refractivity contribution in [1.29, 1.82) is 0 Å². The molecule has 1 aromatic heterocycles. The molecule has 0 saturated heterocycles. The summed E-state index contributed by atoms with van der Waals surface area (Å²) in [6.45, 7) is 0. The molecule has 0 bridgehead atoms. The monoisotopic (exact) mass is 272 g/mol. The molecule has 2 rings (SSSR count). The first kappa shape index (κ1) is 13.1. The molecule has 2 aromatic rings. The maximum Gasteiger partial charge on any atom is 0.438 e. The van der Waals surface area contributed by atoms with Crippen LogP contribution in [0.5, 0.6) is 0 Å². The number of aromatic amines is 1. The van der Waals surface area contributed by atoms with E-state index in [1.54, 1.807) is 0 Å². The number of nitrogens with zero attached hydrogens (tertiary/aromatic N) is 1. The van der Waals surface area contributed by atoms with E-state index in [2.05, 4.69) is 14.7 Å². The second-order valence-electron chi connectivity index (χ2n) is 3.64. The summed E-state index contributed by atoms with van der Waals surface area (Å²) >= 11 is 0. The Morgan fingerprint density at radius 3 is 2.63 bits per heavy atom. The third-order valence-electron chi connectivity index (χ3n) is 2.38. The van der Waals surface area contributed by atoms with Crippen molar-refractivity contribution < 1.29 is 22.7 Å². The van der Waals surface area contributed by atoms with E-state index >= 15 is 0 Å². The van der Waals surface area contributed by atoms with Crippen LogP contribution < -0.4 is 5.56 Å². The highest BCUT2D eigenvalue weighted by Gasteiger charge is 2.36. The van der Waals surface area contributed by atoms with E-state index < -0.39 is 23.4 Å². The molecule has 1 aromatic carbocycles. The van der Waals surface area contributed by atoms with E-state index in [9.17, 15) is 22.8 Å². The molecule has 0 radical (unpaired) electrons. The van der Waals surface area contributed by atoms with E-state index in [0.717, 1.165) is 13.2 Å². The lowest BCUT2D eigenvalue weighted by Crippen LogP contribution is -2.23. The van der Waals surface area contributed by atoms with Gasteiger partial charge in [0.2, 0.25) is 5.69 Å². The summed E-state index contributed by atoms with van der Waals surface area (Å²) in [4.78, 5) is 27.8. The van der Waals surface area contributed by atoms with Crippen molar-refractivity contribution in [3.63, 3.8) is 0 Å². The molecule has 1 N–H and O–H groups in total. The van der Waals surface area contributed by atoms with Crippen LogP contribution in [-0.2, 0) is 10.9 Å². The number of halogens is 3. The van der Waals surface area contributed by atoms with E-state index in [1.165, 1.54) is 12.1 Å². The van der Waals surface area contributed by atoms with Gasteiger partial charge in [-0.05, 0) is 18.2 Å². The first-order valence-corrected chi connectivity index (χ1v) is 5.02. The largest absolute Gasteiger partial charge is 0.465 e. The van der Waals surface area contributed by atoms with Crippen LogP contribution in [0.2, 0.25) is 0 Å². The molecule has 0 aliphatic carbocycles. The Morgan fingerprint density at radius 2 is 2.05 bits per heavy atom. The van der Waals surface area contributed by atoms with Gasteiger partial charge in [-0.15, -0.1) is 0 Å². The number of aromatic nitrogens is 2. The van der Waals surface area contributed by atoms with Crippen molar-refractivity contribution >= 4 is 17.0 Å². The summed E-state index contributed by atoms with van der Waals surface area (Å²) in [5.74, 6) is -0.705. The second kappa shape index (κ2) is 4.38. The Balaban J connectivity index is 2.68. The lowest BCUT2D eigenvalue weighted by Gasteiger charge is -2.06. The van der Waals surface area contributed by atoms with Crippen LogP contribution in [0.1, 0.15) is 16.1 Å². The summed E-state index contributed by atoms with van der Waals surface area (Å²) in [7, 11) is 1.15. The number of ether oxygens (including phenoxy) is 1. The van der Waals surface area contributed by atoms with E-state index in [-0.39, 0.29) is 16.6 Å². The highest BCUT2D eigenvalue weighted by Crippen LogP contribution is 2.25. The number of hydrogen-bond donors (Lipinski definition) is 1. The third-order valence-corrected chi connectivity index (χ3v) is 2.38. The van der Waals surface area contributed by atoms with Gasteiger partial charge in [0.25, 0.3) is 5.56 Å². The Morgan fingerprint density at radius 1 is 1.37 bits per heavy atom. The predicted octanol–water partition coefficient (Wildman–Crippen LogP) is 1.73. The summed E-state index contributed by atoms with van der Waals surface area (Å²) in [6, 6.07) is 3.72. The molecule has 0 atom stereocenters. The van der Waals surface area contributed by atoms with Gasteiger partial charge in [-0.1, -0.05) is 0 Å². The Bertz CT molecular complexity index is 706. The Labute approximate surface area is 104 Å². The fourth-order valence-corrected chi connectivity index (χ4v) is 1.52. The zero-order valence-corrected chi connectivity index (χ0v) is 9.54. The summed E-state index contributed by atoms with van der Waals surface area (Å²) in [6.07, 6.45) is -4.86. The van der Waals surface area contributed by atoms with Gasteiger partial charge in [0.1, 0.15) is 0 Å². The Hall–Kier alpha value is -2.38. The van der Waals surface area contributed by atoms with E-state index in [0.29, 0.717) is 0 Å². The molecule has 0 saturated carbocycles. The fraction of sp³-hybridized carbons (Fsp3) is 0.182. The predicted molar refractivity (Wildman–Crippen MR) is 58.7 cm³/mol. The molecule has 19 heavy (non-hydrogen) atoms. The van der Waals surface area contributed by atoms with Gasteiger partial charge in [-0.25, -0.2) is 9.78 Å². The standard InChI is InChI=1S/C11H7F3N2O3/c1-19-10(18)5-2-3-6-7(4-5)15-8(9(17)16-6)11(12,13)14/h2-4H,1H3,(H,16,17). The first-order chi connectivity index (χ1) is 8.82. The Kier molecular flexibility index (Phi) is 3.01. The van der Waals surface area contributed by atoms with Crippen LogP contribution in [-0.4, -0.2) is 23.0 Å². The average molecular weight is 272 g/mol. The number of nitrogens with one attached hydrogen (secondary N) is 1. The number of H-pyrrole nitrogens is 1.